The van der Waals surface area contributed by atoms with Gasteiger partial charge in [-0.1, -0.05) is 25.3 Å². The molecule has 2 aliphatic rings. The van der Waals surface area contributed by atoms with Crippen molar-refractivity contribution in [1.82, 2.24) is 4.98 Å². The van der Waals surface area contributed by atoms with Crippen molar-refractivity contribution in [2.45, 2.75) is 37.5 Å². The maximum atomic E-state index is 12.5. The fourth-order valence-corrected chi connectivity index (χ4v) is 3.74. The molecule has 2 N–H and O–H groups in total. The van der Waals surface area contributed by atoms with E-state index in [1.165, 1.54) is 12.0 Å². The van der Waals surface area contributed by atoms with Crippen molar-refractivity contribution in [1.29, 1.82) is 0 Å². The first-order valence-electron chi connectivity index (χ1n) is 7.39. The zero-order valence-corrected chi connectivity index (χ0v) is 11.4. The Hall–Kier alpha value is -2.03. The van der Waals surface area contributed by atoms with Crippen LogP contribution in [0.15, 0.2) is 36.5 Å². The largest absolute Gasteiger partial charge is 0.361 e. The third kappa shape index (κ3) is 1.56. The summed E-state index contributed by atoms with van der Waals surface area (Å²) in [6.07, 6.45) is 7.46. The number of rotatable bonds is 1. The molecule has 3 nitrogen and oxygen atoms in total. The number of carbonyl (C=O) groups is 1. The zero-order chi connectivity index (χ0) is 13.6. The molecule has 0 saturated heterocycles. The van der Waals surface area contributed by atoms with Gasteiger partial charge in [-0.2, -0.15) is 0 Å². The van der Waals surface area contributed by atoms with Crippen molar-refractivity contribution in [3.63, 3.8) is 0 Å². The van der Waals surface area contributed by atoms with Crippen LogP contribution in [0.1, 0.15) is 37.7 Å². The van der Waals surface area contributed by atoms with Crippen LogP contribution in [-0.2, 0) is 10.2 Å². The molecule has 3 heteroatoms. The van der Waals surface area contributed by atoms with Gasteiger partial charge in [0.05, 0.1) is 5.41 Å². The van der Waals surface area contributed by atoms with Crippen LogP contribution in [0.5, 0.6) is 0 Å². The molecule has 2 aromatic rings. The molecule has 1 saturated carbocycles. The quantitative estimate of drug-likeness (QED) is 0.809. The lowest BCUT2D eigenvalue weighted by molar-refractivity contribution is -0.121. The van der Waals surface area contributed by atoms with Gasteiger partial charge in [0.1, 0.15) is 0 Å². The smallest absolute Gasteiger partial charge is 0.235 e. The number of aromatic amines is 1. The number of anilines is 1. The van der Waals surface area contributed by atoms with Crippen LogP contribution in [0.3, 0.4) is 0 Å². The Morgan fingerprint density at radius 1 is 1.05 bits per heavy atom. The second-order valence-electron chi connectivity index (χ2n) is 5.94. The van der Waals surface area contributed by atoms with Crippen LogP contribution in [0.25, 0.3) is 11.3 Å². The van der Waals surface area contributed by atoms with Crippen LogP contribution in [0, 0.1) is 0 Å². The molecule has 1 fully saturated rings. The average Bonchev–Trinajstić information content (AvgIpc) is 3.09. The second kappa shape index (κ2) is 4.23. The van der Waals surface area contributed by atoms with Crippen LogP contribution in [-0.4, -0.2) is 10.9 Å². The number of hydrogen-bond acceptors (Lipinski definition) is 1. The van der Waals surface area contributed by atoms with Gasteiger partial charge in [-0.15, -0.1) is 0 Å². The Morgan fingerprint density at radius 3 is 2.65 bits per heavy atom. The molecule has 1 aromatic heterocycles. The van der Waals surface area contributed by atoms with Gasteiger partial charge in [-0.05, 0) is 48.2 Å². The number of fused-ring (bicyclic) bond motifs is 2. The number of carbonyl (C=O) groups excluding carboxylic acids is 1. The van der Waals surface area contributed by atoms with Crippen molar-refractivity contribution in [3.8, 4) is 11.3 Å². The van der Waals surface area contributed by atoms with E-state index in [0.717, 1.165) is 42.6 Å². The van der Waals surface area contributed by atoms with Crippen molar-refractivity contribution >= 4 is 11.6 Å². The molecule has 0 radical (unpaired) electrons. The van der Waals surface area contributed by atoms with Gasteiger partial charge >= 0.3 is 0 Å². The molecule has 1 aromatic carbocycles. The summed E-state index contributed by atoms with van der Waals surface area (Å²) in [7, 11) is 0. The third-order valence-electron chi connectivity index (χ3n) is 4.83. The van der Waals surface area contributed by atoms with Crippen LogP contribution in [0.2, 0.25) is 0 Å². The van der Waals surface area contributed by atoms with E-state index in [1.807, 2.05) is 18.3 Å². The standard InChI is InChI=1S/C17H18N2O/c20-16-17(8-2-1-3-9-17)13-11-12(6-7-15(13)19-16)14-5-4-10-18-14/h4-7,10-11,18H,1-3,8-9H2,(H,19,20). The predicted octanol–water partition coefficient (Wildman–Crippen LogP) is 3.84. The number of aromatic nitrogens is 1. The van der Waals surface area contributed by atoms with E-state index in [1.54, 1.807) is 0 Å². The molecular weight excluding hydrogens is 248 g/mol. The van der Waals surface area contributed by atoms with E-state index in [0.29, 0.717) is 0 Å². The molecule has 0 bridgehead atoms. The zero-order valence-electron chi connectivity index (χ0n) is 11.4. The summed E-state index contributed by atoms with van der Waals surface area (Å²) < 4.78 is 0. The lowest BCUT2D eigenvalue weighted by Crippen LogP contribution is -2.36. The normalized spacial score (nSPS) is 19.9. The van der Waals surface area contributed by atoms with E-state index < -0.39 is 0 Å². The molecular formula is C17H18N2O. The summed E-state index contributed by atoms with van der Waals surface area (Å²) in [6, 6.07) is 10.4. The summed E-state index contributed by atoms with van der Waals surface area (Å²) in [6.45, 7) is 0. The van der Waals surface area contributed by atoms with E-state index >= 15 is 0 Å². The number of nitrogens with one attached hydrogen (secondary N) is 2. The Balaban J connectivity index is 1.84. The lowest BCUT2D eigenvalue weighted by atomic mass is 9.70. The predicted molar refractivity (Wildman–Crippen MR) is 79.6 cm³/mol. The van der Waals surface area contributed by atoms with E-state index in [2.05, 4.69) is 28.5 Å². The van der Waals surface area contributed by atoms with E-state index in [4.69, 9.17) is 0 Å². The molecule has 4 rings (SSSR count). The maximum absolute atomic E-state index is 12.5. The SMILES string of the molecule is O=C1Nc2ccc(-c3ccc[nH]3)cc2C12CCCCC2. The van der Waals surface area contributed by atoms with Gasteiger partial charge in [-0.25, -0.2) is 0 Å². The topological polar surface area (TPSA) is 44.9 Å². The highest BCUT2D eigenvalue weighted by atomic mass is 16.2. The van der Waals surface area contributed by atoms with Crippen molar-refractivity contribution in [3.05, 3.63) is 42.1 Å². The fraction of sp³-hybridized carbons (Fsp3) is 0.353. The third-order valence-corrected chi connectivity index (χ3v) is 4.83. The molecule has 1 spiro atoms. The van der Waals surface area contributed by atoms with Gasteiger partial charge < -0.3 is 10.3 Å². The Labute approximate surface area is 118 Å². The summed E-state index contributed by atoms with van der Waals surface area (Å²) in [5, 5.41) is 3.08. The number of hydrogen-bond donors (Lipinski definition) is 2. The van der Waals surface area contributed by atoms with Crippen LogP contribution in [0.4, 0.5) is 5.69 Å². The summed E-state index contributed by atoms with van der Waals surface area (Å²) >= 11 is 0. The summed E-state index contributed by atoms with van der Waals surface area (Å²) in [4.78, 5) is 15.7. The molecule has 20 heavy (non-hydrogen) atoms. The average molecular weight is 266 g/mol. The number of benzene rings is 1. The van der Waals surface area contributed by atoms with Crippen LogP contribution >= 0.6 is 0 Å². The lowest BCUT2D eigenvalue weighted by Gasteiger charge is -2.31. The van der Waals surface area contributed by atoms with Crippen molar-refractivity contribution in [2.75, 3.05) is 5.32 Å². The molecule has 2 heterocycles. The Kier molecular flexibility index (Phi) is 2.49. The molecule has 0 unspecified atom stereocenters. The minimum absolute atomic E-state index is 0.204. The molecule has 1 amide bonds. The van der Waals surface area contributed by atoms with Gasteiger partial charge in [0.2, 0.25) is 5.91 Å². The van der Waals surface area contributed by atoms with Crippen molar-refractivity contribution < 1.29 is 4.79 Å². The number of amides is 1. The fourth-order valence-electron chi connectivity index (χ4n) is 3.74. The van der Waals surface area contributed by atoms with Gasteiger partial charge in [0.15, 0.2) is 0 Å². The molecule has 1 aliphatic heterocycles. The monoisotopic (exact) mass is 266 g/mol. The Bertz CT molecular complexity index is 652. The molecule has 102 valence electrons. The maximum Gasteiger partial charge on any atom is 0.235 e. The van der Waals surface area contributed by atoms with Crippen molar-refractivity contribution in [2.24, 2.45) is 0 Å². The minimum atomic E-state index is -0.268. The van der Waals surface area contributed by atoms with Gasteiger partial charge in [0.25, 0.3) is 0 Å². The van der Waals surface area contributed by atoms with E-state index in [9.17, 15) is 4.79 Å². The van der Waals surface area contributed by atoms with Gasteiger partial charge in [-0.3, -0.25) is 4.79 Å². The van der Waals surface area contributed by atoms with E-state index in [-0.39, 0.29) is 11.3 Å². The highest BCUT2D eigenvalue weighted by Gasteiger charge is 2.47. The first-order chi connectivity index (χ1) is 9.79. The highest BCUT2D eigenvalue weighted by molar-refractivity contribution is 6.06. The number of H-pyrrole nitrogens is 1. The second-order valence-corrected chi connectivity index (χ2v) is 5.94. The highest BCUT2D eigenvalue weighted by Crippen LogP contribution is 2.48. The van der Waals surface area contributed by atoms with Crippen LogP contribution < -0.4 is 5.32 Å². The minimum Gasteiger partial charge on any atom is -0.361 e. The molecule has 1 aliphatic carbocycles. The summed E-state index contributed by atoms with van der Waals surface area (Å²) in [5.74, 6) is 0.204. The first-order valence-corrected chi connectivity index (χ1v) is 7.39. The van der Waals surface area contributed by atoms with Gasteiger partial charge in [0, 0.05) is 17.6 Å². The summed E-state index contributed by atoms with van der Waals surface area (Å²) in [5.41, 5.74) is 4.21. The molecule has 0 atom stereocenters. The Morgan fingerprint density at radius 2 is 1.90 bits per heavy atom. The first kappa shape index (κ1) is 11.8.